The molecule has 0 saturated carbocycles. The predicted octanol–water partition coefficient (Wildman–Crippen LogP) is 2.24. The standard InChI is InChI=1S/C19H18N2O7S/c1-3-28-19(25)14-9-12(18(24)27-2)17(29-14)20-15(22)10-13(16(20)23)21(26)11-7-5-4-6-8-11/h4-9,13,26H,3,10H2,1-2H3/t13-/m0/s1. The minimum Gasteiger partial charge on any atom is -0.465 e. The Morgan fingerprint density at radius 3 is 2.55 bits per heavy atom. The number of methoxy groups -OCH3 is 1. The smallest absolute Gasteiger partial charge is 0.348 e. The van der Waals surface area contributed by atoms with Gasteiger partial charge in [0.15, 0.2) is 0 Å². The lowest BCUT2D eigenvalue weighted by atomic mass is 10.2. The molecular formula is C19H18N2O7S. The molecule has 0 bridgehead atoms. The van der Waals surface area contributed by atoms with E-state index in [9.17, 15) is 24.4 Å². The van der Waals surface area contributed by atoms with Gasteiger partial charge in [-0.05, 0) is 25.1 Å². The first kappa shape index (κ1) is 20.5. The number of hydrogen-bond donors (Lipinski definition) is 1. The Labute approximate surface area is 170 Å². The second kappa shape index (κ2) is 8.41. The Morgan fingerprint density at radius 1 is 1.24 bits per heavy atom. The van der Waals surface area contributed by atoms with Gasteiger partial charge < -0.3 is 9.47 Å². The maximum absolute atomic E-state index is 12.9. The Balaban J connectivity index is 1.97. The van der Waals surface area contributed by atoms with Crippen molar-refractivity contribution in [1.82, 2.24) is 0 Å². The van der Waals surface area contributed by atoms with Crippen LogP contribution in [0.25, 0.3) is 0 Å². The molecule has 0 spiro atoms. The van der Waals surface area contributed by atoms with Gasteiger partial charge in [-0.15, -0.1) is 11.3 Å². The summed E-state index contributed by atoms with van der Waals surface area (Å²) in [6.45, 7) is 1.75. The molecule has 29 heavy (non-hydrogen) atoms. The van der Waals surface area contributed by atoms with Gasteiger partial charge in [0.2, 0.25) is 5.91 Å². The molecule has 2 amide bonds. The van der Waals surface area contributed by atoms with Crippen molar-refractivity contribution in [3.05, 3.63) is 46.8 Å². The van der Waals surface area contributed by atoms with Crippen LogP contribution in [0.5, 0.6) is 0 Å². The zero-order chi connectivity index (χ0) is 21.1. The number of ether oxygens (including phenoxy) is 2. The molecule has 0 radical (unpaired) electrons. The third-order valence-electron chi connectivity index (χ3n) is 4.24. The fraction of sp³-hybridized carbons (Fsp3) is 0.263. The molecule has 1 aliphatic heterocycles. The third kappa shape index (κ3) is 3.84. The first-order valence-electron chi connectivity index (χ1n) is 8.68. The summed E-state index contributed by atoms with van der Waals surface area (Å²) in [5.41, 5.74) is 0.235. The van der Waals surface area contributed by atoms with Crippen LogP contribution in [0.3, 0.4) is 0 Å². The highest BCUT2D eigenvalue weighted by Gasteiger charge is 2.45. The SMILES string of the molecule is CCOC(=O)c1cc(C(=O)OC)c(N2C(=O)C[C@H](N(O)c3ccccc3)C2=O)s1. The molecule has 1 N–H and O–H groups in total. The molecule has 2 aromatic rings. The van der Waals surface area contributed by atoms with Crippen LogP contribution in [0.2, 0.25) is 0 Å². The number of benzene rings is 1. The first-order chi connectivity index (χ1) is 13.9. The predicted molar refractivity (Wildman–Crippen MR) is 103 cm³/mol. The first-order valence-corrected chi connectivity index (χ1v) is 9.49. The highest BCUT2D eigenvalue weighted by Crippen LogP contribution is 2.37. The van der Waals surface area contributed by atoms with Crippen molar-refractivity contribution in [3.63, 3.8) is 0 Å². The molecule has 1 fully saturated rings. The van der Waals surface area contributed by atoms with E-state index in [0.717, 1.165) is 28.4 Å². The zero-order valence-electron chi connectivity index (χ0n) is 15.7. The number of thiophene rings is 1. The van der Waals surface area contributed by atoms with E-state index in [1.807, 2.05) is 0 Å². The Kier molecular flexibility index (Phi) is 5.95. The molecular weight excluding hydrogens is 400 g/mol. The number of para-hydroxylation sites is 1. The average molecular weight is 418 g/mol. The minimum absolute atomic E-state index is 0.0427. The van der Waals surface area contributed by atoms with E-state index >= 15 is 0 Å². The lowest BCUT2D eigenvalue weighted by Gasteiger charge is -2.22. The van der Waals surface area contributed by atoms with Gasteiger partial charge in [-0.2, -0.15) is 0 Å². The molecule has 0 aliphatic carbocycles. The quantitative estimate of drug-likeness (QED) is 0.432. The fourth-order valence-electron chi connectivity index (χ4n) is 2.89. The van der Waals surface area contributed by atoms with E-state index in [1.54, 1.807) is 37.3 Å². The number of hydroxylamine groups is 1. The van der Waals surface area contributed by atoms with E-state index < -0.39 is 29.8 Å². The van der Waals surface area contributed by atoms with Crippen molar-refractivity contribution in [2.24, 2.45) is 0 Å². The second-order valence-electron chi connectivity index (χ2n) is 6.01. The minimum atomic E-state index is -1.16. The van der Waals surface area contributed by atoms with Crippen molar-refractivity contribution in [2.75, 3.05) is 23.7 Å². The number of hydrogen-bond acceptors (Lipinski definition) is 9. The lowest BCUT2D eigenvalue weighted by molar-refractivity contribution is -0.121. The molecule has 0 unspecified atom stereocenters. The number of nitrogens with zero attached hydrogens (tertiary/aromatic N) is 2. The van der Waals surface area contributed by atoms with Crippen molar-refractivity contribution in [3.8, 4) is 0 Å². The number of carbonyl (C=O) groups is 4. The van der Waals surface area contributed by atoms with E-state index in [-0.39, 0.29) is 28.5 Å². The summed E-state index contributed by atoms with van der Waals surface area (Å²) in [5.74, 6) is -2.82. The Bertz CT molecular complexity index is 957. The summed E-state index contributed by atoms with van der Waals surface area (Å²) in [4.78, 5) is 50.6. The third-order valence-corrected chi connectivity index (χ3v) is 5.34. The van der Waals surface area contributed by atoms with E-state index in [2.05, 4.69) is 0 Å². The van der Waals surface area contributed by atoms with Crippen LogP contribution in [0.15, 0.2) is 36.4 Å². The normalized spacial score (nSPS) is 16.1. The van der Waals surface area contributed by atoms with Crippen LogP contribution in [0.1, 0.15) is 33.4 Å². The molecule has 1 aliphatic rings. The van der Waals surface area contributed by atoms with Crippen LogP contribution in [0, 0.1) is 0 Å². The van der Waals surface area contributed by atoms with Gasteiger partial charge in [0.05, 0.1) is 31.4 Å². The Morgan fingerprint density at radius 2 is 1.93 bits per heavy atom. The van der Waals surface area contributed by atoms with Crippen molar-refractivity contribution < 1.29 is 33.9 Å². The summed E-state index contributed by atoms with van der Waals surface area (Å²) in [6.07, 6.45) is -0.294. The highest BCUT2D eigenvalue weighted by atomic mass is 32.1. The topological polar surface area (TPSA) is 113 Å². The van der Waals surface area contributed by atoms with E-state index in [0.29, 0.717) is 5.69 Å². The number of rotatable bonds is 6. The average Bonchev–Trinajstić information content (AvgIpc) is 3.28. The van der Waals surface area contributed by atoms with Gasteiger partial charge in [0, 0.05) is 0 Å². The van der Waals surface area contributed by atoms with E-state index in [1.165, 1.54) is 6.07 Å². The molecule has 9 nitrogen and oxygen atoms in total. The van der Waals surface area contributed by atoms with E-state index in [4.69, 9.17) is 9.47 Å². The summed E-state index contributed by atoms with van der Waals surface area (Å²) in [7, 11) is 1.15. The molecule has 1 aromatic carbocycles. The second-order valence-corrected chi connectivity index (χ2v) is 7.04. The fourth-order valence-corrected chi connectivity index (χ4v) is 3.95. The number of imide groups is 1. The molecule has 1 saturated heterocycles. The van der Waals surface area contributed by atoms with Gasteiger partial charge in [0.1, 0.15) is 15.9 Å². The van der Waals surface area contributed by atoms with Gasteiger partial charge in [-0.25, -0.2) is 19.6 Å². The maximum Gasteiger partial charge on any atom is 0.348 e. The van der Waals surface area contributed by atoms with Crippen LogP contribution in [0.4, 0.5) is 10.7 Å². The summed E-state index contributed by atoms with van der Waals surface area (Å²) >= 11 is 0.774. The number of anilines is 2. The van der Waals surface area contributed by atoms with Crippen molar-refractivity contribution in [1.29, 1.82) is 0 Å². The van der Waals surface area contributed by atoms with Gasteiger partial charge in [-0.1, -0.05) is 18.2 Å². The lowest BCUT2D eigenvalue weighted by Crippen LogP contribution is -2.40. The van der Waals surface area contributed by atoms with Gasteiger partial charge in [0.25, 0.3) is 5.91 Å². The molecule has 152 valence electrons. The monoisotopic (exact) mass is 418 g/mol. The van der Waals surface area contributed by atoms with Crippen LogP contribution in [-0.4, -0.2) is 48.7 Å². The van der Waals surface area contributed by atoms with Crippen molar-refractivity contribution >= 4 is 45.8 Å². The molecule has 3 rings (SSSR count). The van der Waals surface area contributed by atoms with Gasteiger partial charge in [-0.3, -0.25) is 14.8 Å². The number of esters is 2. The molecule has 10 heteroatoms. The Hall–Kier alpha value is -3.24. The van der Waals surface area contributed by atoms with Crippen molar-refractivity contribution in [2.45, 2.75) is 19.4 Å². The highest BCUT2D eigenvalue weighted by molar-refractivity contribution is 7.18. The zero-order valence-corrected chi connectivity index (χ0v) is 16.5. The number of amides is 2. The maximum atomic E-state index is 12.9. The summed E-state index contributed by atoms with van der Waals surface area (Å²) in [6, 6.07) is 8.34. The molecule has 1 aromatic heterocycles. The van der Waals surface area contributed by atoms with Crippen LogP contribution in [-0.2, 0) is 19.1 Å². The van der Waals surface area contributed by atoms with Crippen LogP contribution < -0.4 is 9.96 Å². The largest absolute Gasteiger partial charge is 0.465 e. The molecule has 1 atom stereocenters. The number of carbonyl (C=O) groups excluding carboxylic acids is 4. The summed E-state index contributed by atoms with van der Waals surface area (Å²) < 4.78 is 9.64. The molecule has 2 heterocycles. The summed E-state index contributed by atoms with van der Waals surface area (Å²) in [5, 5.41) is 11.1. The van der Waals surface area contributed by atoms with Crippen LogP contribution >= 0.6 is 11.3 Å². The van der Waals surface area contributed by atoms with Gasteiger partial charge >= 0.3 is 11.9 Å².